The van der Waals surface area contributed by atoms with Gasteiger partial charge in [-0.2, -0.15) is 0 Å². The molecule has 0 aliphatic carbocycles. The van der Waals surface area contributed by atoms with Gasteiger partial charge < -0.3 is 9.88 Å². The molecule has 10 heteroatoms. The first-order valence-electron chi connectivity index (χ1n) is 9.60. The monoisotopic (exact) mass is 470 g/mol. The number of rotatable bonds is 8. The molecule has 4 rings (SSSR count). The highest BCUT2D eigenvalue weighted by Gasteiger charge is 2.28. The van der Waals surface area contributed by atoms with E-state index in [1.165, 1.54) is 18.2 Å². The van der Waals surface area contributed by atoms with Crippen LogP contribution < -0.4 is 9.62 Å². The maximum absolute atomic E-state index is 13.4. The van der Waals surface area contributed by atoms with Gasteiger partial charge in [-0.25, -0.2) is 17.8 Å². The molecular weight excluding hydrogens is 451 g/mol. The van der Waals surface area contributed by atoms with Crippen LogP contribution >= 0.6 is 11.3 Å². The third-order valence-electron chi connectivity index (χ3n) is 4.69. The van der Waals surface area contributed by atoms with Crippen molar-refractivity contribution in [3.05, 3.63) is 96.1 Å². The van der Waals surface area contributed by atoms with Gasteiger partial charge in [-0.05, 0) is 47.3 Å². The van der Waals surface area contributed by atoms with Gasteiger partial charge in [-0.3, -0.25) is 9.10 Å². The highest BCUT2D eigenvalue weighted by Crippen LogP contribution is 2.26. The Hall–Kier alpha value is -3.50. The summed E-state index contributed by atoms with van der Waals surface area (Å²) in [6, 6.07) is 15.6. The summed E-state index contributed by atoms with van der Waals surface area (Å²) in [5, 5.41) is 4.42. The third-order valence-corrected chi connectivity index (χ3v) is 7.84. The molecule has 0 aliphatic heterocycles. The highest BCUT2D eigenvalue weighted by atomic mass is 32.2. The van der Waals surface area contributed by atoms with Crippen molar-refractivity contribution in [3.63, 3.8) is 0 Å². The van der Waals surface area contributed by atoms with Gasteiger partial charge in [-0.1, -0.05) is 24.3 Å². The Morgan fingerprint density at radius 2 is 1.88 bits per heavy atom. The van der Waals surface area contributed by atoms with E-state index in [1.807, 2.05) is 28.8 Å². The number of amides is 1. The Balaban J connectivity index is 1.55. The lowest BCUT2D eigenvalue weighted by molar-refractivity contribution is -0.119. The molecule has 0 radical (unpaired) electrons. The Morgan fingerprint density at radius 3 is 2.56 bits per heavy atom. The normalized spacial score (nSPS) is 11.3. The van der Waals surface area contributed by atoms with E-state index in [0.717, 1.165) is 39.0 Å². The van der Waals surface area contributed by atoms with Gasteiger partial charge in [0.05, 0.1) is 17.7 Å². The van der Waals surface area contributed by atoms with Gasteiger partial charge >= 0.3 is 0 Å². The number of nitrogens with one attached hydrogen (secondary N) is 1. The quantitative estimate of drug-likeness (QED) is 0.427. The van der Waals surface area contributed by atoms with Crippen LogP contribution in [0, 0.1) is 5.82 Å². The van der Waals surface area contributed by atoms with Crippen LogP contribution in [0.5, 0.6) is 0 Å². The van der Waals surface area contributed by atoms with Crippen molar-refractivity contribution in [3.8, 4) is 5.69 Å². The smallest absolute Gasteiger partial charge is 0.274 e. The number of hydrogen-bond donors (Lipinski definition) is 1. The molecule has 32 heavy (non-hydrogen) atoms. The summed E-state index contributed by atoms with van der Waals surface area (Å²) in [5.41, 5.74) is 1.90. The SMILES string of the molecule is O=C(CN(c1ccc(F)cc1)S(=O)(=O)c1cccs1)NCc1ccccc1-n1ccnc1. The fraction of sp³-hybridized carbons (Fsp3) is 0.0909. The number of para-hydroxylation sites is 1. The molecule has 164 valence electrons. The summed E-state index contributed by atoms with van der Waals surface area (Å²) < 4.78 is 42.6. The van der Waals surface area contributed by atoms with Crippen LogP contribution in [-0.2, 0) is 21.4 Å². The van der Waals surface area contributed by atoms with Crippen molar-refractivity contribution in [2.75, 3.05) is 10.8 Å². The van der Waals surface area contributed by atoms with Crippen LogP contribution in [0.15, 0.2) is 89.0 Å². The summed E-state index contributed by atoms with van der Waals surface area (Å²) in [6.45, 7) is -0.247. The predicted octanol–water partition coefficient (Wildman–Crippen LogP) is 3.58. The van der Waals surface area contributed by atoms with Crippen molar-refractivity contribution in [1.82, 2.24) is 14.9 Å². The predicted molar refractivity (Wildman–Crippen MR) is 121 cm³/mol. The maximum Gasteiger partial charge on any atom is 0.274 e. The molecule has 0 spiro atoms. The number of aromatic nitrogens is 2. The fourth-order valence-electron chi connectivity index (χ4n) is 3.14. The molecule has 2 aromatic carbocycles. The summed E-state index contributed by atoms with van der Waals surface area (Å²) in [6.07, 6.45) is 5.11. The van der Waals surface area contributed by atoms with Crippen molar-refractivity contribution in [2.24, 2.45) is 0 Å². The lowest BCUT2D eigenvalue weighted by atomic mass is 10.1. The van der Waals surface area contributed by atoms with Gasteiger partial charge in [0.15, 0.2) is 0 Å². The maximum atomic E-state index is 13.4. The molecule has 7 nitrogen and oxygen atoms in total. The molecule has 0 unspecified atom stereocenters. The topological polar surface area (TPSA) is 84.3 Å². The van der Waals surface area contributed by atoms with E-state index in [-0.39, 0.29) is 16.4 Å². The standard InChI is InChI=1S/C22H19FN4O3S2/c23-18-7-9-19(10-8-18)27(32(29,30)22-6-3-13-31-22)15-21(28)25-14-17-4-1-2-5-20(17)26-12-11-24-16-26/h1-13,16H,14-15H2,(H,25,28). The minimum atomic E-state index is -3.99. The van der Waals surface area contributed by atoms with E-state index in [2.05, 4.69) is 10.3 Å². The molecule has 0 bridgehead atoms. The van der Waals surface area contributed by atoms with Gasteiger partial charge in [0.25, 0.3) is 10.0 Å². The second-order valence-corrected chi connectivity index (χ2v) is 9.83. The number of anilines is 1. The average molecular weight is 471 g/mol. The molecular formula is C22H19FN4O3S2. The molecule has 0 aliphatic rings. The summed E-state index contributed by atoms with van der Waals surface area (Å²) in [5.74, 6) is -0.988. The van der Waals surface area contributed by atoms with E-state index >= 15 is 0 Å². The van der Waals surface area contributed by atoms with Crippen LogP contribution in [0.4, 0.5) is 10.1 Å². The number of sulfonamides is 1. The second-order valence-electron chi connectivity index (χ2n) is 6.80. The third kappa shape index (κ3) is 4.71. The highest BCUT2D eigenvalue weighted by molar-refractivity contribution is 7.94. The molecule has 0 atom stereocenters. The zero-order valence-corrected chi connectivity index (χ0v) is 18.4. The van der Waals surface area contributed by atoms with Crippen molar-refractivity contribution in [1.29, 1.82) is 0 Å². The molecule has 4 aromatic rings. The van der Waals surface area contributed by atoms with Gasteiger partial charge in [0, 0.05) is 18.9 Å². The van der Waals surface area contributed by atoms with E-state index in [4.69, 9.17) is 0 Å². The fourth-order valence-corrected chi connectivity index (χ4v) is 5.66. The number of carbonyl (C=O) groups excluding carboxylic acids is 1. The Bertz CT molecular complexity index is 1290. The largest absolute Gasteiger partial charge is 0.350 e. The minimum absolute atomic E-state index is 0.0973. The first kappa shape index (κ1) is 21.7. The Morgan fingerprint density at radius 1 is 1.09 bits per heavy atom. The van der Waals surface area contributed by atoms with Crippen molar-refractivity contribution < 1.29 is 17.6 Å². The minimum Gasteiger partial charge on any atom is -0.350 e. The number of carbonyl (C=O) groups is 1. The average Bonchev–Trinajstić information content (AvgIpc) is 3.52. The molecule has 0 saturated heterocycles. The summed E-state index contributed by atoms with van der Waals surface area (Å²) in [7, 11) is -3.99. The summed E-state index contributed by atoms with van der Waals surface area (Å²) in [4.78, 5) is 16.8. The van der Waals surface area contributed by atoms with Crippen LogP contribution in [0.2, 0.25) is 0 Å². The molecule has 1 amide bonds. The number of thiophene rings is 1. The number of nitrogens with zero attached hydrogens (tertiary/aromatic N) is 3. The van der Waals surface area contributed by atoms with E-state index in [9.17, 15) is 17.6 Å². The van der Waals surface area contributed by atoms with E-state index < -0.39 is 28.3 Å². The zero-order valence-electron chi connectivity index (χ0n) is 16.8. The molecule has 2 heterocycles. The van der Waals surface area contributed by atoms with E-state index in [0.29, 0.717) is 0 Å². The molecule has 1 N–H and O–H groups in total. The molecule has 0 fully saturated rings. The van der Waals surface area contributed by atoms with Crippen molar-refractivity contribution >= 4 is 33.0 Å². The number of hydrogen-bond acceptors (Lipinski definition) is 5. The first-order valence-corrected chi connectivity index (χ1v) is 11.9. The van der Waals surface area contributed by atoms with E-state index in [1.54, 1.807) is 30.2 Å². The van der Waals surface area contributed by atoms with Crippen LogP contribution in [0.25, 0.3) is 5.69 Å². The van der Waals surface area contributed by atoms with Crippen LogP contribution in [-0.4, -0.2) is 30.4 Å². The second kappa shape index (κ2) is 9.33. The zero-order chi connectivity index (χ0) is 22.6. The van der Waals surface area contributed by atoms with Gasteiger partial charge in [0.2, 0.25) is 5.91 Å². The van der Waals surface area contributed by atoms with Gasteiger partial charge in [0.1, 0.15) is 16.6 Å². The van der Waals surface area contributed by atoms with Crippen LogP contribution in [0.3, 0.4) is 0 Å². The first-order chi connectivity index (χ1) is 15.4. The molecule has 2 aromatic heterocycles. The lowest BCUT2D eigenvalue weighted by Crippen LogP contribution is -2.40. The molecule has 0 saturated carbocycles. The number of halogens is 1. The van der Waals surface area contributed by atoms with Crippen LogP contribution in [0.1, 0.15) is 5.56 Å². The number of benzene rings is 2. The Kier molecular flexibility index (Phi) is 6.33. The van der Waals surface area contributed by atoms with Gasteiger partial charge in [-0.15, -0.1) is 11.3 Å². The Labute approximate surface area is 188 Å². The van der Waals surface area contributed by atoms with Crippen molar-refractivity contribution in [2.45, 2.75) is 10.8 Å². The lowest BCUT2D eigenvalue weighted by Gasteiger charge is -2.23. The number of imidazole rings is 1. The summed E-state index contributed by atoms with van der Waals surface area (Å²) >= 11 is 1.05.